The summed E-state index contributed by atoms with van der Waals surface area (Å²) in [6.07, 6.45) is 1.21. The zero-order chi connectivity index (χ0) is 18.0. The third-order valence-corrected chi connectivity index (χ3v) is 3.51. The fourth-order valence-corrected chi connectivity index (χ4v) is 2.29. The van der Waals surface area contributed by atoms with Crippen LogP contribution in [0.4, 0.5) is 5.69 Å². The molecule has 3 rings (SSSR count). The second-order valence-corrected chi connectivity index (χ2v) is 5.43. The fourth-order valence-electron chi connectivity index (χ4n) is 2.11. The number of phenols is 1. The number of nitrogens with zero attached hydrogens (tertiary/aromatic N) is 2. The summed E-state index contributed by atoms with van der Waals surface area (Å²) in [5, 5.41) is 25.1. The first-order valence-corrected chi connectivity index (χ1v) is 7.32. The number of phenolic OH excluding ortho intramolecular Hbond substituents is 1. The van der Waals surface area contributed by atoms with Gasteiger partial charge in [-0.25, -0.2) is 5.43 Å². The SMILES string of the molecule is O=C(N/N=C\c1ccc(O)c([N+](=O)[O-])c1)c1cc2cc(Cl)ccc2o1. The van der Waals surface area contributed by atoms with E-state index in [4.69, 9.17) is 16.0 Å². The Morgan fingerprint density at radius 1 is 1.28 bits per heavy atom. The molecule has 1 heterocycles. The first kappa shape index (κ1) is 16.5. The molecule has 0 radical (unpaired) electrons. The van der Waals surface area contributed by atoms with Gasteiger partial charge in [-0.3, -0.25) is 14.9 Å². The topological polar surface area (TPSA) is 118 Å². The predicted octanol–water partition coefficient (Wildman–Crippen LogP) is 3.46. The molecule has 0 aliphatic rings. The quantitative estimate of drug-likeness (QED) is 0.420. The molecule has 8 nitrogen and oxygen atoms in total. The summed E-state index contributed by atoms with van der Waals surface area (Å²) in [5.41, 5.74) is 2.65. The minimum absolute atomic E-state index is 0.0473. The van der Waals surface area contributed by atoms with E-state index in [2.05, 4.69) is 10.5 Å². The molecule has 0 fully saturated rings. The van der Waals surface area contributed by atoms with Crippen LogP contribution in [-0.2, 0) is 0 Å². The van der Waals surface area contributed by atoms with Gasteiger partial charge in [-0.05, 0) is 36.4 Å². The maximum Gasteiger partial charge on any atom is 0.311 e. The Labute approximate surface area is 145 Å². The number of carbonyl (C=O) groups is 1. The molecule has 0 saturated carbocycles. The highest BCUT2D eigenvalue weighted by atomic mass is 35.5. The molecule has 1 aromatic heterocycles. The average molecular weight is 360 g/mol. The van der Waals surface area contributed by atoms with Crippen LogP contribution in [-0.4, -0.2) is 22.2 Å². The third-order valence-electron chi connectivity index (χ3n) is 3.28. The maximum atomic E-state index is 12.0. The van der Waals surface area contributed by atoms with Crippen molar-refractivity contribution < 1.29 is 19.2 Å². The molecule has 0 unspecified atom stereocenters. The molecule has 0 atom stereocenters. The molecule has 126 valence electrons. The van der Waals surface area contributed by atoms with Gasteiger partial charge >= 0.3 is 11.6 Å². The molecule has 0 saturated heterocycles. The number of fused-ring (bicyclic) bond motifs is 1. The van der Waals surface area contributed by atoms with Gasteiger partial charge in [0.25, 0.3) is 0 Å². The van der Waals surface area contributed by atoms with Gasteiger partial charge in [-0.1, -0.05) is 11.6 Å². The number of nitrogens with one attached hydrogen (secondary N) is 1. The van der Waals surface area contributed by atoms with E-state index in [-0.39, 0.29) is 5.76 Å². The van der Waals surface area contributed by atoms with Crippen LogP contribution in [0.2, 0.25) is 5.02 Å². The van der Waals surface area contributed by atoms with E-state index in [1.165, 1.54) is 24.4 Å². The standard InChI is InChI=1S/C16H10ClN3O5/c17-11-2-4-14-10(6-11)7-15(25-14)16(22)19-18-8-9-1-3-13(21)12(5-9)20(23)24/h1-8,21H,(H,19,22)/b18-8-. The van der Waals surface area contributed by atoms with Gasteiger partial charge in [-0.2, -0.15) is 5.10 Å². The molecule has 0 aliphatic carbocycles. The number of rotatable bonds is 4. The highest BCUT2D eigenvalue weighted by Crippen LogP contribution is 2.25. The Hall–Kier alpha value is -3.39. The lowest BCUT2D eigenvalue weighted by Crippen LogP contribution is -2.16. The second kappa shape index (κ2) is 6.62. The van der Waals surface area contributed by atoms with Crippen LogP contribution in [0.15, 0.2) is 52.0 Å². The maximum absolute atomic E-state index is 12.0. The molecule has 0 aliphatic heterocycles. The number of hydrazone groups is 1. The smallest absolute Gasteiger partial charge is 0.311 e. The Balaban J connectivity index is 1.73. The van der Waals surface area contributed by atoms with E-state index in [0.29, 0.717) is 21.6 Å². The van der Waals surface area contributed by atoms with Gasteiger partial charge in [0.15, 0.2) is 11.5 Å². The number of aromatic hydroxyl groups is 1. The Morgan fingerprint density at radius 3 is 2.84 bits per heavy atom. The largest absolute Gasteiger partial charge is 0.502 e. The number of furan rings is 1. The van der Waals surface area contributed by atoms with E-state index >= 15 is 0 Å². The van der Waals surface area contributed by atoms with Crippen LogP contribution in [0.3, 0.4) is 0 Å². The van der Waals surface area contributed by atoms with E-state index in [1.807, 2.05) is 0 Å². The van der Waals surface area contributed by atoms with E-state index in [0.717, 1.165) is 6.07 Å². The van der Waals surface area contributed by atoms with Crippen molar-refractivity contribution in [3.8, 4) is 5.75 Å². The van der Waals surface area contributed by atoms with Crippen molar-refractivity contribution in [1.82, 2.24) is 5.43 Å². The van der Waals surface area contributed by atoms with Crippen molar-refractivity contribution in [1.29, 1.82) is 0 Å². The van der Waals surface area contributed by atoms with Crippen molar-refractivity contribution in [2.24, 2.45) is 5.10 Å². The highest BCUT2D eigenvalue weighted by molar-refractivity contribution is 6.31. The number of amides is 1. The predicted molar refractivity (Wildman–Crippen MR) is 91.0 cm³/mol. The summed E-state index contributed by atoms with van der Waals surface area (Å²) >= 11 is 5.87. The molecule has 25 heavy (non-hydrogen) atoms. The summed E-state index contributed by atoms with van der Waals surface area (Å²) < 4.78 is 5.39. The second-order valence-electron chi connectivity index (χ2n) is 5.00. The number of hydrogen-bond acceptors (Lipinski definition) is 6. The lowest BCUT2D eigenvalue weighted by Gasteiger charge is -1.98. The molecular weight excluding hydrogens is 350 g/mol. The number of hydrogen-bond donors (Lipinski definition) is 2. The molecule has 2 aromatic carbocycles. The van der Waals surface area contributed by atoms with Gasteiger partial charge in [-0.15, -0.1) is 0 Å². The molecule has 1 amide bonds. The van der Waals surface area contributed by atoms with Crippen molar-refractivity contribution >= 4 is 40.4 Å². The van der Waals surface area contributed by atoms with Gasteiger partial charge in [0.2, 0.25) is 0 Å². The highest BCUT2D eigenvalue weighted by Gasteiger charge is 2.14. The van der Waals surface area contributed by atoms with E-state index < -0.39 is 22.3 Å². The van der Waals surface area contributed by atoms with Crippen molar-refractivity contribution in [3.05, 3.63) is 68.9 Å². The molecule has 0 bridgehead atoms. The summed E-state index contributed by atoms with van der Waals surface area (Å²) in [5.74, 6) is -0.991. The fraction of sp³-hybridized carbons (Fsp3) is 0. The zero-order valence-electron chi connectivity index (χ0n) is 12.5. The summed E-state index contributed by atoms with van der Waals surface area (Å²) in [6.45, 7) is 0. The summed E-state index contributed by atoms with van der Waals surface area (Å²) in [7, 11) is 0. The van der Waals surface area contributed by atoms with Crippen LogP contribution in [0.25, 0.3) is 11.0 Å². The minimum Gasteiger partial charge on any atom is -0.502 e. The van der Waals surface area contributed by atoms with Gasteiger partial charge in [0.1, 0.15) is 5.58 Å². The molecule has 3 aromatic rings. The zero-order valence-corrected chi connectivity index (χ0v) is 13.2. The summed E-state index contributed by atoms with van der Waals surface area (Å²) in [6, 6.07) is 10.2. The van der Waals surface area contributed by atoms with Crippen LogP contribution in [0.1, 0.15) is 16.1 Å². The lowest BCUT2D eigenvalue weighted by atomic mass is 10.2. The Kier molecular flexibility index (Phi) is 4.36. The van der Waals surface area contributed by atoms with Crippen molar-refractivity contribution in [2.75, 3.05) is 0 Å². The van der Waals surface area contributed by atoms with Crippen LogP contribution in [0.5, 0.6) is 5.75 Å². The minimum atomic E-state index is -0.717. The number of halogens is 1. The molecule has 0 spiro atoms. The first-order valence-electron chi connectivity index (χ1n) is 6.94. The average Bonchev–Trinajstić information content (AvgIpc) is 2.99. The van der Waals surface area contributed by atoms with Crippen LogP contribution in [0, 0.1) is 10.1 Å². The Bertz CT molecular complexity index is 1010. The normalized spacial score (nSPS) is 11.1. The monoisotopic (exact) mass is 359 g/mol. The van der Waals surface area contributed by atoms with Gasteiger partial charge in [0.05, 0.1) is 11.1 Å². The number of nitro groups is 1. The molecule has 2 N–H and O–H groups in total. The first-order chi connectivity index (χ1) is 11.9. The molecule has 9 heteroatoms. The van der Waals surface area contributed by atoms with Gasteiger partial charge in [0, 0.05) is 22.0 Å². The van der Waals surface area contributed by atoms with Crippen molar-refractivity contribution in [3.63, 3.8) is 0 Å². The number of nitro benzene ring substituents is 1. The lowest BCUT2D eigenvalue weighted by molar-refractivity contribution is -0.385. The number of carbonyl (C=O) groups excluding carboxylic acids is 1. The number of benzene rings is 2. The van der Waals surface area contributed by atoms with Crippen molar-refractivity contribution in [2.45, 2.75) is 0 Å². The van der Waals surface area contributed by atoms with Gasteiger partial charge < -0.3 is 9.52 Å². The van der Waals surface area contributed by atoms with E-state index in [9.17, 15) is 20.0 Å². The van der Waals surface area contributed by atoms with Crippen LogP contribution >= 0.6 is 11.6 Å². The van der Waals surface area contributed by atoms with E-state index in [1.54, 1.807) is 18.2 Å². The third kappa shape index (κ3) is 3.59. The Morgan fingerprint density at radius 2 is 2.08 bits per heavy atom. The summed E-state index contributed by atoms with van der Waals surface area (Å²) in [4.78, 5) is 22.1. The molecular formula is C16H10ClN3O5. The van der Waals surface area contributed by atoms with Crippen LogP contribution < -0.4 is 5.43 Å².